The van der Waals surface area contributed by atoms with Crippen LogP contribution < -0.4 is 15.8 Å². The second-order valence-electron chi connectivity index (χ2n) is 5.01. The summed E-state index contributed by atoms with van der Waals surface area (Å²) in [6, 6.07) is 7.26. The number of hydrogen-bond donors (Lipinski definition) is 3. The normalized spacial score (nSPS) is 12.0. The van der Waals surface area contributed by atoms with Crippen LogP contribution in [-0.2, 0) is 4.79 Å². The van der Waals surface area contributed by atoms with Gasteiger partial charge in [-0.3, -0.25) is 4.79 Å². The maximum atomic E-state index is 11.7. The molecule has 1 unspecified atom stereocenters. The van der Waals surface area contributed by atoms with E-state index in [0.29, 0.717) is 24.3 Å². The molecule has 1 aromatic rings. The van der Waals surface area contributed by atoms with Gasteiger partial charge in [-0.25, -0.2) is 0 Å². The van der Waals surface area contributed by atoms with Crippen molar-refractivity contribution in [3.8, 4) is 5.75 Å². The van der Waals surface area contributed by atoms with Gasteiger partial charge in [0.1, 0.15) is 5.75 Å². The maximum absolute atomic E-state index is 11.7. The summed E-state index contributed by atoms with van der Waals surface area (Å²) in [4.78, 5) is 11.7. The van der Waals surface area contributed by atoms with Gasteiger partial charge >= 0.3 is 0 Å². The van der Waals surface area contributed by atoms with Gasteiger partial charge < -0.3 is 20.9 Å². The van der Waals surface area contributed by atoms with Crippen molar-refractivity contribution in [1.82, 2.24) is 5.32 Å². The molecule has 0 bridgehead atoms. The lowest BCUT2D eigenvalue weighted by Gasteiger charge is -2.15. The van der Waals surface area contributed by atoms with Crippen LogP contribution in [0.1, 0.15) is 43.8 Å². The average Bonchev–Trinajstić information content (AvgIpc) is 2.52. The van der Waals surface area contributed by atoms with Gasteiger partial charge in [-0.1, -0.05) is 31.0 Å². The van der Waals surface area contributed by atoms with E-state index in [9.17, 15) is 9.90 Å². The first-order valence-corrected chi connectivity index (χ1v) is 7.46. The van der Waals surface area contributed by atoms with Crippen molar-refractivity contribution in [2.24, 2.45) is 5.73 Å². The van der Waals surface area contributed by atoms with Crippen molar-refractivity contribution < 1.29 is 14.6 Å². The van der Waals surface area contributed by atoms with Crippen LogP contribution in [-0.4, -0.2) is 31.2 Å². The van der Waals surface area contributed by atoms with E-state index in [1.165, 1.54) is 0 Å². The largest absolute Gasteiger partial charge is 0.496 e. The second-order valence-corrected chi connectivity index (χ2v) is 5.01. The van der Waals surface area contributed by atoms with Crippen molar-refractivity contribution in [1.29, 1.82) is 0 Å². The molecule has 0 aliphatic heterocycles. The van der Waals surface area contributed by atoms with Gasteiger partial charge in [-0.2, -0.15) is 0 Å². The summed E-state index contributed by atoms with van der Waals surface area (Å²) in [6.45, 7) is 0.902. The number of carbonyl (C=O) groups excluding carboxylic acids is 1. The highest BCUT2D eigenvalue weighted by Gasteiger charge is 2.13. The fourth-order valence-electron chi connectivity index (χ4n) is 2.13. The average molecular weight is 294 g/mol. The van der Waals surface area contributed by atoms with Crippen molar-refractivity contribution in [2.75, 3.05) is 20.2 Å². The van der Waals surface area contributed by atoms with E-state index >= 15 is 0 Å². The lowest BCUT2D eigenvalue weighted by molar-refractivity contribution is -0.121. The third kappa shape index (κ3) is 6.60. The molecular formula is C16H26N2O3. The summed E-state index contributed by atoms with van der Waals surface area (Å²) >= 11 is 0. The Morgan fingerprint density at radius 1 is 1.29 bits per heavy atom. The monoisotopic (exact) mass is 294 g/mol. The van der Waals surface area contributed by atoms with E-state index in [-0.39, 0.29) is 12.5 Å². The second kappa shape index (κ2) is 10.2. The Morgan fingerprint density at radius 3 is 2.71 bits per heavy atom. The molecule has 0 fully saturated rings. The Balaban J connectivity index is 2.29. The van der Waals surface area contributed by atoms with Crippen LogP contribution in [0.2, 0.25) is 0 Å². The first kappa shape index (κ1) is 17.5. The summed E-state index contributed by atoms with van der Waals surface area (Å²) in [5, 5.41) is 12.9. The number of methoxy groups -OCH3 is 1. The number of unbranched alkanes of at least 4 members (excludes halogenated alkanes) is 3. The number of amides is 1. The summed E-state index contributed by atoms with van der Waals surface area (Å²) in [7, 11) is 1.56. The lowest BCUT2D eigenvalue weighted by atomic mass is 10.1. The number of nitrogens with two attached hydrogens (primary N) is 1. The zero-order valence-corrected chi connectivity index (χ0v) is 12.7. The van der Waals surface area contributed by atoms with Crippen LogP contribution >= 0.6 is 0 Å². The zero-order chi connectivity index (χ0) is 15.5. The third-order valence-electron chi connectivity index (χ3n) is 3.35. The molecule has 0 aliphatic carbocycles. The summed E-state index contributed by atoms with van der Waals surface area (Å²) < 4.78 is 5.19. The fraction of sp³-hybridized carbons (Fsp3) is 0.562. The van der Waals surface area contributed by atoms with Gasteiger partial charge in [0, 0.05) is 18.5 Å². The summed E-state index contributed by atoms with van der Waals surface area (Å²) in [5.41, 5.74) is 6.10. The SMILES string of the molecule is COc1ccccc1C(O)CNC(=O)CCCCCCN. The number of para-hydroxylation sites is 1. The zero-order valence-electron chi connectivity index (χ0n) is 12.7. The van der Waals surface area contributed by atoms with Crippen LogP contribution in [0.5, 0.6) is 5.75 Å². The van der Waals surface area contributed by atoms with Crippen LogP contribution in [0.15, 0.2) is 24.3 Å². The first-order valence-electron chi connectivity index (χ1n) is 7.46. The Hall–Kier alpha value is -1.59. The number of aliphatic hydroxyl groups excluding tert-OH is 1. The predicted octanol–water partition coefficient (Wildman–Crippen LogP) is 1.75. The molecule has 118 valence electrons. The Kier molecular flexibility index (Phi) is 8.47. The molecule has 0 aromatic heterocycles. The van der Waals surface area contributed by atoms with Crippen molar-refractivity contribution in [3.05, 3.63) is 29.8 Å². The topological polar surface area (TPSA) is 84.6 Å². The fourth-order valence-corrected chi connectivity index (χ4v) is 2.13. The van der Waals surface area contributed by atoms with E-state index in [1.807, 2.05) is 12.1 Å². The number of rotatable bonds is 10. The molecule has 0 spiro atoms. The molecule has 5 heteroatoms. The molecule has 0 saturated heterocycles. The van der Waals surface area contributed by atoms with E-state index < -0.39 is 6.10 Å². The molecule has 0 aliphatic rings. The number of hydrogen-bond acceptors (Lipinski definition) is 4. The molecule has 0 saturated carbocycles. The highest BCUT2D eigenvalue weighted by Crippen LogP contribution is 2.23. The number of carbonyl (C=O) groups is 1. The minimum atomic E-state index is -0.762. The standard InChI is InChI=1S/C16H26N2O3/c1-21-15-9-6-5-8-13(15)14(19)12-18-16(20)10-4-2-3-7-11-17/h5-6,8-9,14,19H,2-4,7,10-12,17H2,1H3,(H,18,20). The highest BCUT2D eigenvalue weighted by molar-refractivity contribution is 5.75. The van der Waals surface area contributed by atoms with Gasteiger partial charge in [-0.15, -0.1) is 0 Å². The molecule has 1 atom stereocenters. The molecular weight excluding hydrogens is 268 g/mol. The van der Waals surface area contributed by atoms with Gasteiger partial charge in [-0.05, 0) is 25.5 Å². The number of ether oxygens (including phenoxy) is 1. The maximum Gasteiger partial charge on any atom is 0.220 e. The van der Waals surface area contributed by atoms with Gasteiger partial charge in [0.25, 0.3) is 0 Å². The van der Waals surface area contributed by atoms with Crippen molar-refractivity contribution >= 4 is 5.91 Å². The van der Waals surface area contributed by atoms with E-state index in [4.69, 9.17) is 10.5 Å². The van der Waals surface area contributed by atoms with E-state index in [0.717, 1.165) is 25.7 Å². The van der Waals surface area contributed by atoms with Gasteiger partial charge in [0.15, 0.2) is 0 Å². The lowest BCUT2D eigenvalue weighted by Crippen LogP contribution is -2.28. The Labute approximate surface area is 126 Å². The minimum absolute atomic E-state index is 0.0308. The highest BCUT2D eigenvalue weighted by atomic mass is 16.5. The number of benzene rings is 1. The molecule has 1 aromatic carbocycles. The van der Waals surface area contributed by atoms with Gasteiger partial charge in [0.05, 0.1) is 13.2 Å². The smallest absolute Gasteiger partial charge is 0.220 e. The van der Waals surface area contributed by atoms with E-state index in [1.54, 1.807) is 19.2 Å². The molecule has 0 heterocycles. The molecule has 1 amide bonds. The van der Waals surface area contributed by atoms with Crippen LogP contribution in [0, 0.1) is 0 Å². The van der Waals surface area contributed by atoms with Crippen molar-refractivity contribution in [2.45, 2.75) is 38.2 Å². The molecule has 5 nitrogen and oxygen atoms in total. The Bertz CT molecular complexity index is 424. The molecule has 4 N–H and O–H groups in total. The molecule has 0 radical (unpaired) electrons. The van der Waals surface area contributed by atoms with Crippen LogP contribution in [0.25, 0.3) is 0 Å². The number of nitrogens with one attached hydrogen (secondary N) is 1. The minimum Gasteiger partial charge on any atom is -0.496 e. The predicted molar refractivity (Wildman–Crippen MR) is 83.1 cm³/mol. The quantitative estimate of drug-likeness (QED) is 0.574. The third-order valence-corrected chi connectivity index (χ3v) is 3.35. The van der Waals surface area contributed by atoms with Crippen LogP contribution in [0.4, 0.5) is 0 Å². The van der Waals surface area contributed by atoms with Gasteiger partial charge in [0.2, 0.25) is 5.91 Å². The number of aliphatic hydroxyl groups is 1. The summed E-state index contributed by atoms with van der Waals surface area (Å²) in [6.07, 6.45) is 3.67. The van der Waals surface area contributed by atoms with Crippen LogP contribution in [0.3, 0.4) is 0 Å². The van der Waals surface area contributed by atoms with Crippen molar-refractivity contribution in [3.63, 3.8) is 0 Å². The molecule has 21 heavy (non-hydrogen) atoms. The Morgan fingerprint density at radius 2 is 2.00 bits per heavy atom. The molecule has 1 rings (SSSR count). The first-order chi connectivity index (χ1) is 10.2. The van der Waals surface area contributed by atoms with E-state index in [2.05, 4.69) is 5.32 Å². The summed E-state index contributed by atoms with van der Waals surface area (Å²) in [5.74, 6) is 0.595.